The zero-order valence-corrected chi connectivity index (χ0v) is 20.7. The standard InChI is InChI=1S/C29H22Cl2N2S/c30-24-15-6-4-11-20(24)17-21-12-8-14-23-27(21)32-29-33(28(23)22-13-5-7-16-25(22)31)26(18-34-29)19-9-2-1-3-10-19/h1-7,9-11,13,15-18,28H,8,12,14H2/b21-17-/t28-/m0/s1. The number of benzene rings is 3. The number of fused-ring (bicyclic) bond motifs is 1. The maximum atomic E-state index is 6.81. The normalized spacial score (nSPS) is 20.7. The van der Waals surface area contributed by atoms with Gasteiger partial charge in [0.2, 0.25) is 0 Å². The molecule has 0 N–H and O–H groups in total. The lowest BCUT2D eigenvalue weighted by atomic mass is 9.82. The van der Waals surface area contributed by atoms with Crippen LogP contribution in [0.4, 0.5) is 0 Å². The minimum absolute atomic E-state index is 0.00704. The minimum atomic E-state index is 0.00704. The summed E-state index contributed by atoms with van der Waals surface area (Å²) in [4.78, 5) is 7.61. The summed E-state index contributed by atoms with van der Waals surface area (Å²) < 4.78 is 0. The fourth-order valence-corrected chi connectivity index (χ4v) is 6.35. The summed E-state index contributed by atoms with van der Waals surface area (Å²) in [6.45, 7) is 0. The molecule has 3 aromatic rings. The molecule has 1 aliphatic carbocycles. The Bertz CT molecular complexity index is 1390. The summed E-state index contributed by atoms with van der Waals surface area (Å²) in [5.74, 6) is 0. The van der Waals surface area contributed by atoms with Gasteiger partial charge in [-0.2, -0.15) is 0 Å². The van der Waals surface area contributed by atoms with Crippen molar-refractivity contribution in [1.82, 2.24) is 4.90 Å². The third-order valence-corrected chi connectivity index (χ3v) is 8.07. The predicted octanol–water partition coefficient (Wildman–Crippen LogP) is 8.97. The Labute approximate surface area is 214 Å². The fraction of sp³-hybridized carbons (Fsp3) is 0.138. The summed E-state index contributed by atoms with van der Waals surface area (Å²) >= 11 is 15.0. The summed E-state index contributed by atoms with van der Waals surface area (Å²) in [7, 11) is 0. The van der Waals surface area contributed by atoms with Crippen molar-refractivity contribution in [2.45, 2.75) is 25.3 Å². The highest BCUT2D eigenvalue weighted by atomic mass is 35.5. The van der Waals surface area contributed by atoms with Crippen LogP contribution in [-0.4, -0.2) is 10.1 Å². The summed E-state index contributed by atoms with van der Waals surface area (Å²) in [6, 6.07) is 26.8. The number of nitrogens with zero attached hydrogens (tertiary/aromatic N) is 2. The molecule has 6 rings (SSSR count). The van der Waals surface area contributed by atoms with E-state index < -0.39 is 0 Å². The molecule has 0 fully saturated rings. The Morgan fingerprint density at radius 2 is 1.59 bits per heavy atom. The van der Waals surface area contributed by atoms with Crippen molar-refractivity contribution >= 4 is 51.9 Å². The Kier molecular flexibility index (Phi) is 5.86. The van der Waals surface area contributed by atoms with Crippen LogP contribution in [-0.2, 0) is 0 Å². The third kappa shape index (κ3) is 3.82. The van der Waals surface area contributed by atoms with Crippen LogP contribution < -0.4 is 0 Å². The molecule has 2 aliphatic heterocycles. The summed E-state index contributed by atoms with van der Waals surface area (Å²) in [5, 5.41) is 4.76. The van der Waals surface area contributed by atoms with Crippen molar-refractivity contribution in [3.05, 3.63) is 128 Å². The highest BCUT2D eigenvalue weighted by molar-refractivity contribution is 8.16. The van der Waals surface area contributed by atoms with Gasteiger partial charge in [0.25, 0.3) is 0 Å². The highest BCUT2D eigenvalue weighted by Gasteiger charge is 2.40. The highest BCUT2D eigenvalue weighted by Crippen LogP contribution is 2.52. The van der Waals surface area contributed by atoms with Crippen molar-refractivity contribution in [3.63, 3.8) is 0 Å². The fourth-order valence-electron chi connectivity index (χ4n) is 4.99. The van der Waals surface area contributed by atoms with Crippen LogP contribution in [0.1, 0.15) is 42.0 Å². The molecule has 0 spiro atoms. The van der Waals surface area contributed by atoms with Crippen molar-refractivity contribution in [1.29, 1.82) is 0 Å². The second kappa shape index (κ2) is 9.14. The Morgan fingerprint density at radius 1 is 0.853 bits per heavy atom. The van der Waals surface area contributed by atoms with E-state index in [0.29, 0.717) is 0 Å². The van der Waals surface area contributed by atoms with Crippen LogP contribution in [0.15, 0.2) is 106 Å². The molecule has 3 aromatic carbocycles. The van der Waals surface area contributed by atoms with Crippen LogP contribution in [0.5, 0.6) is 0 Å². The maximum absolute atomic E-state index is 6.81. The second-order valence-corrected chi connectivity index (χ2v) is 10.2. The molecular weight excluding hydrogens is 479 g/mol. The number of hydrogen-bond acceptors (Lipinski definition) is 3. The molecule has 168 valence electrons. The van der Waals surface area contributed by atoms with Gasteiger partial charge in [-0.1, -0.05) is 102 Å². The van der Waals surface area contributed by atoms with E-state index in [9.17, 15) is 0 Å². The first-order valence-electron chi connectivity index (χ1n) is 11.4. The first-order chi connectivity index (χ1) is 16.7. The minimum Gasteiger partial charge on any atom is -0.308 e. The predicted molar refractivity (Wildman–Crippen MR) is 146 cm³/mol. The molecule has 0 amide bonds. The smallest absolute Gasteiger partial charge is 0.174 e. The molecule has 1 atom stereocenters. The van der Waals surface area contributed by atoms with Gasteiger partial charge in [-0.05, 0) is 65.3 Å². The molecule has 34 heavy (non-hydrogen) atoms. The quantitative estimate of drug-likeness (QED) is 0.356. The molecule has 0 radical (unpaired) electrons. The number of rotatable bonds is 3. The van der Waals surface area contributed by atoms with Crippen molar-refractivity contribution in [3.8, 4) is 0 Å². The number of amidine groups is 1. The van der Waals surface area contributed by atoms with Crippen molar-refractivity contribution < 1.29 is 0 Å². The van der Waals surface area contributed by atoms with Crippen molar-refractivity contribution in [2.75, 3.05) is 0 Å². The van der Waals surface area contributed by atoms with E-state index in [0.717, 1.165) is 51.3 Å². The van der Waals surface area contributed by atoms with E-state index in [1.54, 1.807) is 11.8 Å². The van der Waals surface area contributed by atoms with Gasteiger partial charge in [-0.25, -0.2) is 4.99 Å². The van der Waals surface area contributed by atoms with Gasteiger partial charge in [-0.15, -0.1) is 0 Å². The van der Waals surface area contributed by atoms with Gasteiger partial charge in [0.15, 0.2) is 5.17 Å². The molecule has 2 heterocycles. The first kappa shape index (κ1) is 21.8. The monoisotopic (exact) mass is 500 g/mol. The number of aliphatic imine (C=N–C) groups is 1. The molecule has 5 heteroatoms. The summed E-state index contributed by atoms with van der Waals surface area (Å²) in [6.07, 6.45) is 5.27. The van der Waals surface area contributed by atoms with E-state index in [2.05, 4.69) is 64.9 Å². The van der Waals surface area contributed by atoms with Crippen LogP contribution in [0.2, 0.25) is 10.0 Å². The lowest BCUT2D eigenvalue weighted by Crippen LogP contribution is -2.35. The number of halogens is 2. The molecule has 0 saturated carbocycles. The summed E-state index contributed by atoms with van der Waals surface area (Å²) in [5.41, 5.74) is 8.17. The molecule has 0 bridgehead atoms. The van der Waals surface area contributed by atoms with Crippen molar-refractivity contribution in [2.24, 2.45) is 4.99 Å². The largest absolute Gasteiger partial charge is 0.308 e. The van der Waals surface area contributed by atoms with Gasteiger partial charge in [-0.3, -0.25) is 0 Å². The van der Waals surface area contributed by atoms with Gasteiger partial charge in [0.1, 0.15) is 0 Å². The molecule has 3 aliphatic rings. The van der Waals surface area contributed by atoms with E-state index in [1.165, 1.54) is 22.4 Å². The Hall–Kier alpha value is -2.72. The number of hydrogen-bond donors (Lipinski definition) is 0. The topological polar surface area (TPSA) is 15.6 Å². The van der Waals surface area contributed by atoms with Gasteiger partial charge >= 0.3 is 0 Å². The lowest BCUT2D eigenvalue weighted by molar-refractivity contribution is 0.458. The average Bonchev–Trinajstić information content (AvgIpc) is 3.29. The number of thioether (sulfide) groups is 1. The molecule has 0 aromatic heterocycles. The second-order valence-electron chi connectivity index (χ2n) is 8.59. The SMILES string of the molecule is Clc1ccccc1/C=C1/CCCC2=C1N=C1SC=C(c3ccccc3)N1[C@H]2c1ccccc1Cl. The average molecular weight is 501 g/mol. The Morgan fingerprint density at radius 3 is 2.38 bits per heavy atom. The van der Waals surface area contributed by atoms with Gasteiger partial charge in [0, 0.05) is 15.5 Å². The van der Waals surface area contributed by atoms with Crippen LogP contribution >= 0.6 is 35.0 Å². The zero-order valence-electron chi connectivity index (χ0n) is 18.4. The van der Waals surface area contributed by atoms with Crippen LogP contribution in [0.25, 0.3) is 11.8 Å². The van der Waals surface area contributed by atoms with Gasteiger partial charge in [0.05, 0.1) is 17.4 Å². The molecule has 0 saturated heterocycles. The zero-order chi connectivity index (χ0) is 23.1. The van der Waals surface area contributed by atoms with Crippen LogP contribution in [0.3, 0.4) is 0 Å². The first-order valence-corrected chi connectivity index (χ1v) is 13.1. The van der Waals surface area contributed by atoms with E-state index in [1.807, 2.05) is 30.3 Å². The van der Waals surface area contributed by atoms with E-state index >= 15 is 0 Å². The molecule has 0 unspecified atom stereocenters. The molecule has 2 nitrogen and oxygen atoms in total. The van der Waals surface area contributed by atoms with E-state index in [-0.39, 0.29) is 6.04 Å². The maximum Gasteiger partial charge on any atom is 0.174 e. The lowest BCUT2D eigenvalue weighted by Gasteiger charge is -2.40. The molecular formula is C29H22Cl2N2S. The Balaban J connectivity index is 1.53. The number of allylic oxidation sites excluding steroid dienone is 1. The van der Waals surface area contributed by atoms with Crippen LogP contribution in [0, 0.1) is 0 Å². The van der Waals surface area contributed by atoms with Gasteiger partial charge < -0.3 is 4.90 Å². The van der Waals surface area contributed by atoms with E-state index in [4.69, 9.17) is 28.2 Å². The third-order valence-electron chi connectivity index (χ3n) is 6.54.